The maximum atomic E-state index is 6.14. The molecular weight excluding hydrogens is 267 g/mol. The van der Waals surface area contributed by atoms with Crippen molar-refractivity contribution in [3.05, 3.63) is 33.8 Å². The van der Waals surface area contributed by atoms with E-state index in [-0.39, 0.29) is 0 Å². The standard InChI is InChI=1S/C14H20Cl2N2/c1-18-7-3-4-11(10-18)8-17-9-12-13(15)5-2-6-14(12)16/h2,5-6,11,17H,3-4,7-10H2,1H3. The molecule has 1 saturated heterocycles. The molecule has 1 unspecified atom stereocenters. The molecule has 1 aliphatic rings. The topological polar surface area (TPSA) is 15.3 Å². The maximum absolute atomic E-state index is 6.14. The number of halogens is 2. The van der Waals surface area contributed by atoms with Crippen molar-refractivity contribution in [3.63, 3.8) is 0 Å². The minimum atomic E-state index is 0.741. The van der Waals surface area contributed by atoms with E-state index in [1.807, 2.05) is 18.2 Å². The molecule has 0 bridgehead atoms. The fraction of sp³-hybridized carbons (Fsp3) is 0.571. The Morgan fingerprint density at radius 1 is 1.33 bits per heavy atom. The summed E-state index contributed by atoms with van der Waals surface area (Å²) in [4.78, 5) is 2.40. The highest BCUT2D eigenvalue weighted by molar-refractivity contribution is 6.35. The SMILES string of the molecule is CN1CCCC(CNCc2c(Cl)cccc2Cl)C1. The summed E-state index contributed by atoms with van der Waals surface area (Å²) >= 11 is 12.3. The first-order chi connectivity index (χ1) is 8.66. The highest BCUT2D eigenvalue weighted by atomic mass is 35.5. The predicted molar refractivity (Wildman–Crippen MR) is 78.4 cm³/mol. The van der Waals surface area contributed by atoms with Crippen molar-refractivity contribution in [1.29, 1.82) is 0 Å². The quantitative estimate of drug-likeness (QED) is 0.912. The fourth-order valence-corrected chi connectivity index (χ4v) is 3.07. The van der Waals surface area contributed by atoms with Crippen molar-refractivity contribution in [3.8, 4) is 0 Å². The molecular formula is C14H20Cl2N2. The monoisotopic (exact) mass is 286 g/mol. The van der Waals surface area contributed by atoms with Crippen molar-refractivity contribution in [1.82, 2.24) is 10.2 Å². The lowest BCUT2D eigenvalue weighted by Crippen LogP contribution is -2.37. The van der Waals surface area contributed by atoms with Crippen LogP contribution in [0.2, 0.25) is 10.0 Å². The van der Waals surface area contributed by atoms with Crippen LogP contribution in [0.5, 0.6) is 0 Å². The molecule has 1 aliphatic heterocycles. The average molecular weight is 287 g/mol. The minimum absolute atomic E-state index is 0.741. The second-order valence-corrected chi connectivity index (χ2v) is 5.92. The van der Waals surface area contributed by atoms with Crippen molar-refractivity contribution < 1.29 is 0 Å². The van der Waals surface area contributed by atoms with Gasteiger partial charge in [-0.2, -0.15) is 0 Å². The highest BCUT2D eigenvalue weighted by Crippen LogP contribution is 2.24. The number of nitrogens with zero attached hydrogens (tertiary/aromatic N) is 1. The van der Waals surface area contributed by atoms with Crippen molar-refractivity contribution in [2.24, 2.45) is 5.92 Å². The summed E-state index contributed by atoms with van der Waals surface area (Å²) in [6, 6.07) is 5.65. The van der Waals surface area contributed by atoms with Gasteiger partial charge in [-0.1, -0.05) is 29.3 Å². The van der Waals surface area contributed by atoms with Crippen LogP contribution >= 0.6 is 23.2 Å². The molecule has 2 nitrogen and oxygen atoms in total. The molecule has 1 aromatic rings. The Morgan fingerprint density at radius 2 is 2.06 bits per heavy atom. The van der Waals surface area contributed by atoms with Gasteiger partial charge in [-0.25, -0.2) is 0 Å². The maximum Gasteiger partial charge on any atom is 0.0465 e. The van der Waals surface area contributed by atoms with Gasteiger partial charge in [-0.15, -0.1) is 0 Å². The Hall–Kier alpha value is -0.280. The molecule has 0 saturated carbocycles. The molecule has 1 heterocycles. The molecule has 4 heteroatoms. The van der Waals surface area contributed by atoms with Gasteiger partial charge in [-0.3, -0.25) is 0 Å². The zero-order valence-corrected chi connectivity index (χ0v) is 12.3. The predicted octanol–water partition coefficient (Wildman–Crippen LogP) is 3.42. The first-order valence-corrected chi connectivity index (χ1v) is 7.24. The molecule has 0 spiro atoms. The minimum Gasteiger partial charge on any atom is -0.312 e. The Balaban J connectivity index is 1.81. The fourth-order valence-electron chi connectivity index (χ4n) is 2.54. The molecule has 18 heavy (non-hydrogen) atoms. The lowest BCUT2D eigenvalue weighted by atomic mass is 9.98. The van der Waals surface area contributed by atoms with E-state index >= 15 is 0 Å². The zero-order chi connectivity index (χ0) is 13.0. The van der Waals surface area contributed by atoms with Gasteiger partial charge in [0.2, 0.25) is 0 Å². The molecule has 1 aromatic carbocycles. The number of likely N-dealkylation sites (tertiary alicyclic amines) is 1. The van der Waals surface area contributed by atoms with Crippen molar-refractivity contribution >= 4 is 23.2 Å². The van der Waals surface area contributed by atoms with Gasteiger partial charge in [0.15, 0.2) is 0 Å². The average Bonchev–Trinajstić information content (AvgIpc) is 2.33. The van der Waals surface area contributed by atoms with Gasteiger partial charge in [-0.05, 0) is 51.0 Å². The molecule has 1 atom stereocenters. The summed E-state index contributed by atoms with van der Waals surface area (Å²) in [5.74, 6) is 0.741. The summed E-state index contributed by atoms with van der Waals surface area (Å²) in [5.41, 5.74) is 1.00. The Kier molecular flexibility index (Phi) is 5.31. The number of hydrogen-bond donors (Lipinski definition) is 1. The van der Waals surface area contributed by atoms with E-state index in [2.05, 4.69) is 17.3 Å². The third-order valence-corrected chi connectivity index (χ3v) is 4.23. The molecule has 1 fully saturated rings. The van der Waals surface area contributed by atoms with Crippen LogP contribution in [0.1, 0.15) is 18.4 Å². The van der Waals surface area contributed by atoms with Crippen LogP contribution in [0.3, 0.4) is 0 Å². The molecule has 0 aliphatic carbocycles. The smallest absolute Gasteiger partial charge is 0.0465 e. The summed E-state index contributed by atoms with van der Waals surface area (Å²) in [7, 11) is 2.19. The normalized spacial score (nSPS) is 21.2. The van der Waals surface area contributed by atoms with Gasteiger partial charge >= 0.3 is 0 Å². The Morgan fingerprint density at radius 3 is 2.72 bits per heavy atom. The number of rotatable bonds is 4. The van der Waals surface area contributed by atoms with E-state index in [0.717, 1.165) is 34.6 Å². The van der Waals surface area contributed by atoms with Crippen LogP contribution in [0, 0.1) is 5.92 Å². The van der Waals surface area contributed by atoms with Crippen LogP contribution in [0.4, 0.5) is 0 Å². The van der Waals surface area contributed by atoms with Crippen LogP contribution in [0.25, 0.3) is 0 Å². The Bertz CT molecular complexity index is 375. The van der Waals surface area contributed by atoms with Crippen LogP contribution in [-0.2, 0) is 6.54 Å². The van der Waals surface area contributed by atoms with Gasteiger partial charge in [0.05, 0.1) is 0 Å². The van der Waals surface area contributed by atoms with E-state index < -0.39 is 0 Å². The third-order valence-electron chi connectivity index (χ3n) is 3.52. The molecule has 0 aromatic heterocycles. The van der Waals surface area contributed by atoms with Crippen molar-refractivity contribution in [2.75, 3.05) is 26.7 Å². The first-order valence-electron chi connectivity index (χ1n) is 6.49. The number of benzene rings is 1. The summed E-state index contributed by atoms with van der Waals surface area (Å²) in [5, 5.41) is 4.97. The molecule has 0 amide bonds. The molecule has 100 valence electrons. The summed E-state index contributed by atoms with van der Waals surface area (Å²) in [6.07, 6.45) is 2.61. The Labute approximate surface area is 119 Å². The van der Waals surface area contributed by atoms with Gasteiger partial charge < -0.3 is 10.2 Å². The van der Waals surface area contributed by atoms with E-state index in [4.69, 9.17) is 23.2 Å². The van der Waals surface area contributed by atoms with Gasteiger partial charge in [0, 0.05) is 28.7 Å². The van der Waals surface area contributed by atoms with E-state index in [1.54, 1.807) is 0 Å². The zero-order valence-electron chi connectivity index (χ0n) is 10.8. The first kappa shape index (κ1) is 14.1. The molecule has 1 N–H and O–H groups in total. The van der Waals surface area contributed by atoms with Crippen molar-refractivity contribution in [2.45, 2.75) is 19.4 Å². The lowest BCUT2D eigenvalue weighted by Gasteiger charge is -2.29. The van der Waals surface area contributed by atoms with Crippen LogP contribution < -0.4 is 5.32 Å². The highest BCUT2D eigenvalue weighted by Gasteiger charge is 2.16. The number of nitrogens with one attached hydrogen (secondary N) is 1. The second-order valence-electron chi connectivity index (χ2n) is 5.10. The van der Waals surface area contributed by atoms with Crippen LogP contribution in [-0.4, -0.2) is 31.6 Å². The van der Waals surface area contributed by atoms with Gasteiger partial charge in [0.1, 0.15) is 0 Å². The second kappa shape index (κ2) is 6.76. The lowest BCUT2D eigenvalue weighted by molar-refractivity contribution is 0.206. The number of piperidine rings is 1. The molecule has 0 radical (unpaired) electrons. The van der Waals surface area contributed by atoms with E-state index in [0.29, 0.717) is 0 Å². The van der Waals surface area contributed by atoms with Crippen LogP contribution in [0.15, 0.2) is 18.2 Å². The van der Waals surface area contributed by atoms with E-state index in [9.17, 15) is 0 Å². The van der Waals surface area contributed by atoms with E-state index in [1.165, 1.54) is 25.9 Å². The van der Waals surface area contributed by atoms with Gasteiger partial charge in [0.25, 0.3) is 0 Å². The largest absolute Gasteiger partial charge is 0.312 e. The summed E-state index contributed by atoms with van der Waals surface area (Å²) in [6.45, 7) is 4.20. The summed E-state index contributed by atoms with van der Waals surface area (Å²) < 4.78 is 0. The molecule has 2 rings (SSSR count). The third kappa shape index (κ3) is 3.86. The number of hydrogen-bond acceptors (Lipinski definition) is 2.